The van der Waals surface area contributed by atoms with Gasteiger partial charge in [0.1, 0.15) is 0 Å². The highest BCUT2D eigenvalue weighted by molar-refractivity contribution is 5.95. The first-order chi connectivity index (χ1) is 17.5. The number of rotatable bonds is 10. The fourth-order valence-electron chi connectivity index (χ4n) is 4.46. The number of hydrogen-bond donors (Lipinski definition) is 0. The zero-order valence-electron chi connectivity index (χ0n) is 21.3. The Labute approximate surface area is 212 Å². The fraction of sp³-hybridized carbons (Fsp3) is 0.393. The van der Waals surface area contributed by atoms with E-state index in [1.54, 1.807) is 26.4 Å². The van der Waals surface area contributed by atoms with E-state index in [0.29, 0.717) is 48.3 Å². The number of amides is 1. The first kappa shape index (κ1) is 25.4. The van der Waals surface area contributed by atoms with Crippen molar-refractivity contribution < 1.29 is 18.8 Å². The molecule has 3 aromatic rings. The molecule has 0 spiro atoms. The van der Waals surface area contributed by atoms with Gasteiger partial charge in [-0.2, -0.15) is 4.98 Å². The van der Waals surface area contributed by atoms with Gasteiger partial charge in [0.05, 0.1) is 14.2 Å². The van der Waals surface area contributed by atoms with Crippen molar-refractivity contribution in [3.05, 3.63) is 71.6 Å². The number of allylic oxidation sites excluding steroid dienone is 1. The standard InChI is InChI=1S/C28H34N4O4/c1-5-7-22-18-23(19-24(34-3)26(22)35-4)28(33)32-16-14-31(15-17-32)13-6-8-25-29-27(30-36-25)21-11-9-20(2)10-12-21/h5,9-12,18-19H,1,6-8,13-17H2,2-4H3. The van der Waals surface area contributed by atoms with Crippen molar-refractivity contribution >= 4 is 5.91 Å². The molecule has 1 fully saturated rings. The van der Waals surface area contributed by atoms with E-state index in [4.69, 9.17) is 14.0 Å². The van der Waals surface area contributed by atoms with E-state index in [1.165, 1.54) is 5.56 Å². The number of nitrogens with zero attached hydrogens (tertiary/aromatic N) is 4. The molecule has 8 heteroatoms. The van der Waals surface area contributed by atoms with Crippen molar-refractivity contribution in [2.45, 2.75) is 26.2 Å². The average molecular weight is 491 g/mol. The molecule has 0 unspecified atom stereocenters. The minimum Gasteiger partial charge on any atom is -0.493 e. The minimum absolute atomic E-state index is 0.00964. The second-order valence-electron chi connectivity index (χ2n) is 8.98. The lowest BCUT2D eigenvalue weighted by Crippen LogP contribution is -2.48. The van der Waals surface area contributed by atoms with Gasteiger partial charge in [-0.05, 0) is 38.4 Å². The van der Waals surface area contributed by atoms with E-state index >= 15 is 0 Å². The Kier molecular flexibility index (Phi) is 8.38. The summed E-state index contributed by atoms with van der Waals surface area (Å²) in [6.07, 6.45) is 4.04. The van der Waals surface area contributed by atoms with Gasteiger partial charge < -0.3 is 18.9 Å². The largest absolute Gasteiger partial charge is 0.493 e. The Morgan fingerprint density at radius 2 is 1.86 bits per heavy atom. The van der Waals surface area contributed by atoms with Gasteiger partial charge in [-0.3, -0.25) is 9.69 Å². The fourth-order valence-corrected chi connectivity index (χ4v) is 4.46. The van der Waals surface area contributed by atoms with Gasteiger partial charge in [-0.15, -0.1) is 6.58 Å². The van der Waals surface area contributed by atoms with Crippen LogP contribution in [-0.2, 0) is 12.8 Å². The lowest BCUT2D eigenvalue weighted by atomic mass is 10.0. The predicted octanol–water partition coefficient (Wildman–Crippen LogP) is 4.18. The Morgan fingerprint density at radius 3 is 2.53 bits per heavy atom. The van der Waals surface area contributed by atoms with Crippen LogP contribution in [-0.4, -0.2) is 72.8 Å². The molecule has 1 aromatic heterocycles. The SMILES string of the molecule is C=CCc1cc(C(=O)N2CCN(CCCc3nc(-c4ccc(C)cc4)no3)CC2)cc(OC)c1OC. The molecule has 1 aliphatic heterocycles. The van der Waals surface area contributed by atoms with E-state index < -0.39 is 0 Å². The average Bonchev–Trinajstić information content (AvgIpc) is 3.37. The normalized spacial score (nSPS) is 14.0. The van der Waals surface area contributed by atoms with Gasteiger partial charge in [0.25, 0.3) is 5.91 Å². The Hall–Kier alpha value is -3.65. The van der Waals surface area contributed by atoms with Crippen molar-refractivity contribution in [3.63, 3.8) is 0 Å². The van der Waals surface area contributed by atoms with Crippen LogP contribution in [0.4, 0.5) is 0 Å². The van der Waals surface area contributed by atoms with E-state index in [1.807, 2.05) is 35.2 Å². The summed E-state index contributed by atoms with van der Waals surface area (Å²) >= 11 is 0. The summed E-state index contributed by atoms with van der Waals surface area (Å²) in [5.74, 6) is 2.50. The second-order valence-corrected chi connectivity index (χ2v) is 8.98. The number of methoxy groups -OCH3 is 2. The first-order valence-electron chi connectivity index (χ1n) is 12.3. The highest BCUT2D eigenvalue weighted by Gasteiger charge is 2.24. The zero-order chi connectivity index (χ0) is 25.5. The molecule has 1 aliphatic rings. The van der Waals surface area contributed by atoms with Crippen LogP contribution in [0.5, 0.6) is 11.5 Å². The van der Waals surface area contributed by atoms with Gasteiger partial charge in [0, 0.05) is 49.3 Å². The minimum atomic E-state index is 0.00964. The molecule has 1 saturated heterocycles. The maximum absolute atomic E-state index is 13.2. The van der Waals surface area contributed by atoms with Crippen molar-refractivity contribution in [2.75, 3.05) is 46.9 Å². The van der Waals surface area contributed by atoms with Crippen LogP contribution in [0.3, 0.4) is 0 Å². The third-order valence-corrected chi connectivity index (χ3v) is 6.47. The van der Waals surface area contributed by atoms with Gasteiger partial charge in [-0.25, -0.2) is 0 Å². The van der Waals surface area contributed by atoms with Crippen LogP contribution in [0.25, 0.3) is 11.4 Å². The zero-order valence-corrected chi connectivity index (χ0v) is 21.3. The molecule has 0 bridgehead atoms. The Balaban J connectivity index is 1.28. The summed E-state index contributed by atoms with van der Waals surface area (Å²) in [4.78, 5) is 22.0. The lowest BCUT2D eigenvalue weighted by molar-refractivity contribution is 0.0635. The second kappa shape index (κ2) is 11.9. The van der Waals surface area contributed by atoms with Gasteiger partial charge in [-0.1, -0.05) is 41.1 Å². The molecule has 0 radical (unpaired) electrons. The smallest absolute Gasteiger partial charge is 0.254 e. The maximum atomic E-state index is 13.2. The van der Waals surface area contributed by atoms with Crippen LogP contribution in [0.15, 0.2) is 53.6 Å². The lowest BCUT2D eigenvalue weighted by Gasteiger charge is -2.34. The molecule has 0 atom stereocenters. The number of benzene rings is 2. The van der Waals surface area contributed by atoms with E-state index in [-0.39, 0.29) is 5.91 Å². The quantitative estimate of drug-likeness (QED) is 0.394. The first-order valence-corrected chi connectivity index (χ1v) is 12.3. The molecule has 190 valence electrons. The Morgan fingerprint density at radius 1 is 1.11 bits per heavy atom. The topological polar surface area (TPSA) is 80.9 Å². The van der Waals surface area contributed by atoms with Crippen molar-refractivity contribution in [1.82, 2.24) is 19.9 Å². The van der Waals surface area contributed by atoms with Crippen LogP contribution in [0, 0.1) is 6.92 Å². The number of carbonyl (C=O) groups excluding carboxylic acids is 1. The molecule has 8 nitrogen and oxygen atoms in total. The third-order valence-electron chi connectivity index (χ3n) is 6.47. The summed E-state index contributed by atoms with van der Waals surface area (Å²) in [6.45, 7) is 9.81. The molecular formula is C28H34N4O4. The molecule has 2 aromatic carbocycles. The third kappa shape index (κ3) is 5.94. The van der Waals surface area contributed by atoms with Crippen molar-refractivity contribution in [1.29, 1.82) is 0 Å². The molecule has 0 N–H and O–H groups in total. The van der Waals surface area contributed by atoms with Crippen LogP contribution in [0.2, 0.25) is 0 Å². The summed E-state index contributed by atoms with van der Waals surface area (Å²) in [5.41, 5.74) is 3.66. The van der Waals surface area contributed by atoms with Crippen LogP contribution >= 0.6 is 0 Å². The number of aryl methyl sites for hydroxylation is 2. The van der Waals surface area contributed by atoms with E-state index in [9.17, 15) is 4.79 Å². The number of piperazine rings is 1. The maximum Gasteiger partial charge on any atom is 0.254 e. The molecule has 2 heterocycles. The van der Waals surface area contributed by atoms with E-state index in [2.05, 4.69) is 28.5 Å². The van der Waals surface area contributed by atoms with Crippen LogP contribution < -0.4 is 9.47 Å². The molecular weight excluding hydrogens is 456 g/mol. The number of carbonyl (C=O) groups is 1. The molecule has 0 saturated carbocycles. The van der Waals surface area contributed by atoms with Crippen molar-refractivity contribution in [3.8, 4) is 22.9 Å². The summed E-state index contributed by atoms with van der Waals surface area (Å²) < 4.78 is 16.4. The molecule has 36 heavy (non-hydrogen) atoms. The molecule has 4 rings (SSSR count). The van der Waals surface area contributed by atoms with Gasteiger partial charge in [0.15, 0.2) is 11.5 Å². The van der Waals surface area contributed by atoms with Gasteiger partial charge in [0.2, 0.25) is 11.7 Å². The number of hydrogen-bond acceptors (Lipinski definition) is 7. The van der Waals surface area contributed by atoms with Crippen molar-refractivity contribution in [2.24, 2.45) is 0 Å². The monoisotopic (exact) mass is 490 g/mol. The number of aromatic nitrogens is 2. The number of ether oxygens (including phenoxy) is 2. The van der Waals surface area contributed by atoms with Gasteiger partial charge >= 0.3 is 0 Å². The Bertz CT molecular complexity index is 1180. The highest BCUT2D eigenvalue weighted by atomic mass is 16.5. The predicted molar refractivity (Wildman–Crippen MR) is 139 cm³/mol. The molecule has 1 amide bonds. The summed E-state index contributed by atoms with van der Waals surface area (Å²) in [6, 6.07) is 11.7. The molecule has 0 aliphatic carbocycles. The highest BCUT2D eigenvalue weighted by Crippen LogP contribution is 2.33. The van der Waals surface area contributed by atoms with Crippen LogP contribution in [0.1, 0.15) is 33.8 Å². The summed E-state index contributed by atoms with van der Waals surface area (Å²) in [7, 11) is 3.19. The summed E-state index contributed by atoms with van der Waals surface area (Å²) in [5, 5.41) is 4.11. The van der Waals surface area contributed by atoms with E-state index in [0.717, 1.165) is 43.6 Å².